The summed E-state index contributed by atoms with van der Waals surface area (Å²) in [5.74, 6) is 10.4. The van der Waals surface area contributed by atoms with Crippen molar-refractivity contribution >= 4 is 5.78 Å². The van der Waals surface area contributed by atoms with Crippen LogP contribution >= 0.6 is 0 Å². The fourth-order valence-electron chi connectivity index (χ4n) is 17.8. The molecular formula is C64H82O. The lowest BCUT2D eigenvalue weighted by Gasteiger charge is -2.55. The maximum Gasteiger partial charge on any atom is 0.148 e. The Balaban J connectivity index is 1.11. The highest BCUT2D eigenvalue weighted by Crippen LogP contribution is 2.78. The van der Waals surface area contributed by atoms with E-state index >= 15 is 4.79 Å². The Morgan fingerprint density at radius 1 is 0.400 bits per heavy atom. The third-order valence-corrected chi connectivity index (χ3v) is 20.2. The van der Waals surface area contributed by atoms with Crippen molar-refractivity contribution in [1.29, 1.82) is 0 Å². The number of hydrogen-bond acceptors (Lipinski definition) is 1. The lowest BCUT2D eigenvalue weighted by molar-refractivity contribution is -0.121. The van der Waals surface area contributed by atoms with Gasteiger partial charge in [-0.25, -0.2) is 0 Å². The summed E-state index contributed by atoms with van der Waals surface area (Å²) in [5.41, 5.74) is 12.5. The van der Waals surface area contributed by atoms with Crippen LogP contribution in [0.2, 0.25) is 0 Å². The molecular weight excluding hydrogens is 785 g/mol. The third kappa shape index (κ3) is 7.05. The average molecular weight is 867 g/mol. The monoisotopic (exact) mass is 867 g/mol. The zero-order valence-corrected chi connectivity index (χ0v) is 42.1. The van der Waals surface area contributed by atoms with Crippen molar-refractivity contribution in [2.75, 3.05) is 0 Å². The average Bonchev–Trinajstić information content (AvgIpc) is 3.88. The largest absolute Gasteiger partial charge is 0.298 e. The first-order chi connectivity index (χ1) is 30.9. The molecule has 0 bridgehead atoms. The molecule has 0 spiro atoms. The van der Waals surface area contributed by atoms with Gasteiger partial charge in [-0.15, -0.1) is 0 Å². The maximum atomic E-state index is 15.2. The van der Waals surface area contributed by atoms with Gasteiger partial charge in [0.05, 0.1) is 0 Å². The number of hydrogen-bond donors (Lipinski definition) is 0. The number of fused-ring (bicyclic) bond motifs is 7. The molecule has 1 nitrogen and oxygen atoms in total. The van der Waals surface area contributed by atoms with Gasteiger partial charge in [0, 0.05) is 11.8 Å². The van der Waals surface area contributed by atoms with Gasteiger partial charge in [-0.3, -0.25) is 4.79 Å². The highest BCUT2D eigenvalue weighted by molar-refractivity contribution is 5.95. The summed E-state index contributed by atoms with van der Waals surface area (Å²) >= 11 is 0. The van der Waals surface area contributed by atoms with Gasteiger partial charge >= 0.3 is 0 Å². The van der Waals surface area contributed by atoms with Gasteiger partial charge in [0.1, 0.15) is 5.78 Å². The summed E-state index contributed by atoms with van der Waals surface area (Å²) in [6.45, 7) is 26.9. The predicted octanol–water partition coefficient (Wildman–Crippen LogP) is 16.3. The van der Waals surface area contributed by atoms with Crippen LogP contribution in [0.15, 0.2) is 97.1 Å². The van der Waals surface area contributed by atoms with Crippen LogP contribution in [0.1, 0.15) is 202 Å². The van der Waals surface area contributed by atoms with E-state index in [-0.39, 0.29) is 28.1 Å². The van der Waals surface area contributed by atoms with Crippen molar-refractivity contribution < 1.29 is 4.79 Å². The topological polar surface area (TPSA) is 17.1 Å². The van der Waals surface area contributed by atoms with Crippen molar-refractivity contribution in [2.45, 2.75) is 173 Å². The molecule has 1 heteroatoms. The first-order valence-corrected chi connectivity index (χ1v) is 26.9. The van der Waals surface area contributed by atoms with Crippen LogP contribution in [-0.4, -0.2) is 5.78 Å². The molecule has 0 N–H and O–H groups in total. The van der Waals surface area contributed by atoms with E-state index in [1.54, 1.807) is 22.3 Å². The van der Waals surface area contributed by atoms with Crippen LogP contribution in [-0.2, 0) is 21.0 Å². The molecule has 16 unspecified atom stereocenters. The van der Waals surface area contributed by atoms with Crippen LogP contribution in [0.25, 0.3) is 0 Å². The molecule has 0 radical (unpaired) electrons. The Labute approximate surface area is 394 Å². The van der Waals surface area contributed by atoms with Crippen LogP contribution in [0.4, 0.5) is 0 Å². The molecule has 7 fully saturated rings. The Hall–Kier alpha value is -3.45. The van der Waals surface area contributed by atoms with Crippen molar-refractivity contribution in [3.63, 3.8) is 0 Å². The Morgan fingerprint density at radius 2 is 0.769 bits per heavy atom. The summed E-state index contributed by atoms with van der Waals surface area (Å²) in [7, 11) is 0. The molecule has 65 heavy (non-hydrogen) atoms. The number of rotatable bonds is 5. The van der Waals surface area contributed by atoms with E-state index in [1.165, 1.54) is 73.6 Å². The Morgan fingerprint density at radius 3 is 1.15 bits per heavy atom. The van der Waals surface area contributed by atoms with Crippen LogP contribution in [0.5, 0.6) is 0 Å². The molecule has 7 aliphatic carbocycles. The van der Waals surface area contributed by atoms with Crippen LogP contribution in [0, 0.1) is 71.0 Å². The highest BCUT2D eigenvalue weighted by atomic mass is 16.1. The standard InChI is InChI=1S/C64H82O/c1-36(2)39-30-40(32-42(31-39)62(3,4)5)51-45-24-18-19-25-46(45)52(41-33-43(63(6,7)8)35-44(34-41)64(9,10)11)58-48-27-29-50-56-49(28-26-47(55(48)56)57(51)58)59-53(37-20-14-12-15-21-37)61(65)54(60(50)59)38-22-16-13-17-23-38/h12-17,20-23,30-36,45-60H,18-19,24-29H2,1-11H3. The number of carbonyl (C=O) groups is 1. The van der Waals surface area contributed by atoms with Crippen LogP contribution in [0.3, 0.4) is 0 Å². The van der Waals surface area contributed by atoms with E-state index in [0.717, 1.165) is 35.5 Å². The van der Waals surface area contributed by atoms with E-state index in [4.69, 9.17) is 0 Å². The molecule has 7 saturated carbocycles. The molecule has 7 aliphatic rings. The minimum Gasteiger partial charge on any atom is -0.298 e. The van der Waals surface area contributed by atoms with Gasteiger partial charge in [0.15, 0.2) is 0 Å². The molecule has 4 aromatic carbocycles. The Bertz CT molecular complexity index is 2310. The predicted molar refractivity (Wildman–Crippen MR) is 271 cm³/mol. The molecule has 0 amide bonds. The zero-order valence-electron chi connectivity index (χ0n) is 42.1. The molecule has 4 aromatic rings. The minimum absolute atomic E-state index is 0.0228. The molecule has 0 heterocycles. The number of carbonyl (C=O) groups excluding carboxylic acids is 1. The summed E-state index contributed by atoms with van der Waals surface area (Å²) in [6.07, 6.45) is 10.9. The molecule has 344 valence electrons. The quantitative estimate of drug-likeness (QED) is 0.195. The SMILES string of the molecule is CC(C)c1cc(C2C3CCCCC3C(c3cc(C(C)(C)C)cc(C(C)(C)C)c3)C3C4CCC5C6C(c7ccccc7)C(=O)C(c7ccccc7)C6C6CCC(C4C65)C23)cc(C(C)(C)C)c1. The van der Waals surface area contributed by atoms with Gasteiger partial charge in [0.2, 0.25) is 0 Å². The van der Waals surface area contributed by atoms with E-state index in [9.17, 15) is 0 Å². The van der Waals surface area contributed by atoms with Gasteiger partial charge in [-0.1, -0.05) is 186 Å². The van der Waals surface area contributed by atoms with Crippen LogP contribution < -0.4 is 0 Å². The summed E-state index contributed by atoms with van der Waals surface area (Å²) in [4.78, 5) is 15.2. The fraction of sp³-hybridized carbons (Fsp3) is 0.609. The highest BCUT2D eigenvalue weighted by Gasteiger charge is 2.72. The maximum absolute atomic E-state index is 15.2. The fourth-order valence-corrected chi connectivity index (χ4v) is 17.8. The van der Waals surface area contributed by atoms with E-state index in [0.29, 0.717) is 59.0 Å². The van der Waals surface area contributed by atoms with E-state index < -0.39 is 0 Å². The second-order valence-electron chi connectivity index (χ2n) is 26.8. The zero-order chi connectivity index (χ0) is 45.5. The van der Waals surface area contributed by atoms with E-state index in [1.807, 2.05) is 0 Å². The van der Waals surface area contributed by atoms with Crippen molar-refractivity contribution in [1.82, 2.24) is 0 Å². The molecule has 0 saturated heterocycles. The Kier molecular flexibility index (Phi) is 10.7. The minimum atomic E-state index is 0.0228. The first-order valence-electron chi connectivity index (χ1n) is 26.9. The summed E-state index contributed by atoms with van der Waals surface area (Å²) in [6, 6.07) is 38.5. The molecule has 0 aromatic heterocycles. The molecule has 16 atom stereocenters. The normalized spacial score (nSPS) is 37.4. The van der Waals surface area contributed by atoms with Gasteiger partial charge in [-0.2, -0.15) is 0 Å². The third-order valence-electron chi connectivity index (χ3n) is 20.2. The molecule has 0 aliphatic heterocycles. The number of Topliss-reactive ketones (excluding diaryl/α,β-unsaturated/α-hetero) is 1. The smallest absolute Gasteiger partial charge is 0.148 e. The lowest BCUT2D eigenvalue weighted by atomic mass is 9.49. The molecule has 11 rings (SSSR count). The van der Waals surface area contributed by atoms with Crippen molar-refractivity contribution in [3.05, 3.63) is 142 Å². The summed E-state index contributed by atoms with van der Waals surface area (Å²) in [5, 5.41) is 0. The van der Waals surface area contributed by atoms with E-state index in [2.05, 4.69) is 173 Å². The van der Waals surface area contributed by atoms with Crippen molar-refractivity contribution in [3.8, 4) is 0 Å². The second kappa shape index (κ2) is 15.8. The first kappa shape index (κ1) is 44.1. The lowest BCUT2D eigenvalue weighted by Crippen LogP contribution is -2.46. The van der Waals surface area contributed by atoms with Crippen molar-refractivity contribution in [2.24, 2.45) is 71.0 Å². The number of benzene rings is 4. The number of ketones is 1. The second-order valence-corrected chi connectivity index (χ2v) is 26.8. The van der Waals surface area contributed by atoms with Gasteiger partial charge in [0.25, 0.3) is 0 Å². The van der Waals surface area contributed by atoms with Gasteiger partial charge < -0.3 is 0 Å². The van der Waals surface area contributed by atoms with Gasteiger partial charge in [-0.05, 0) is 188 Å². The summed E-state index contributed by atoms with van der Waals surface area (Å²) < 4.78 is 0.